The third-order valence-corrected chi connectivity index (χ3v) is 9.78. The van der Waals surface area contributed by atoms with Crippen LogP contribution in [-0.2, 0) is 21.2 Å². The monoisotopic (exact) mass is 632 g/mol. The van der Waals surface area contributed by atoms with Gasteiger partial charge >= 0.3 is 0 Å². The molecule has 11 nitrogen and oxygen atoms in total. The van der Waals surface area contributed by atoms with E-state index in [-0.39, 0.29) is 16.8 Å². The first-order valence-electron chi connectivity index (χ1n) is 15.3. The van der Waals surface area contributed by atoms with Crippen LogP contribution in [0, 0.1) is 12.7 Å². The van der Waals surface area contributed by atoms with E-state index in [1.54, 1.807) is 6.92 Å². The molecule has 1 aromatic heterocycles. The smallest absolute Gasteiger partial charge is 0.242 e. The summed E-state index contributed by atoms with van der Waals surface area (Å²) in [6, 6.07) is 17.5. The lowest BCUT2D eigenvalue weighted by atomic mass is 10.0. The number of sulfonamides is 1. The molecule has 13 heteroatoms. The van der Waals surface area contributed by atoms with Crippen LogP contribution in [0.5, 0.6) is 0 Å². The Kier molecular flexibility index (Phi) is 9.08. The molecule has 0 bridgehead atoms. The Labute approximate surface area is 262 Å². The second-order valence-electron chi connectivity index (χ2n) is 11.5. The lowest BCUT2D eigenvalue weighted by Crippen LogP contribution is -2.39. The predicted molar refractivity (Wildman–Crippen MR) is 172 cm³/mol. The minimum Gasteiger partial charge on any atom is -0.354 e. The summed E-state index contributed by atoms with van der Waals surface area (Å²) in [5.41, 5.74) is 1.58. The van der Waals surface area contributed by atoms with Gasteiger partial charge in [0.05, 0.1) is 4.90 Å². The molecule has 0 radical (unpaired) electrons. The number of carbonyl (C=O) groups is 1. The third kappa shape index (κ3) is 7.31. The van der Waals surface area contributed by atoms with Gasteiger partial charge in [-0.15, -0.1) is 0 Å². The van der Waals surface area contributed by atoms with E-state index < -0.39 is 27.9 Å². The van der Waals surface area contributed by atoms with E-state index in [9.17, 15) is 17.6 Å². The maximum atomic E-state index is 14.1. The number of carbonyl (C=O) groups excluding carboxylic acids is 1. The molecule has 2 saturated heterocycles. The standard InChI is InChI=1S/C32H37FN8O3S/c1-21-12-13-25(19-27(21)33)45(43,44)40-24-15-18-41(20-24)32-38-30(37-31(39-32)36-28-11-4-5-16-34-29(28)42)35-17-14-23-9-6-8-22-7-2-3-10-26(22)23/h2-3,6-10,12-13,19,24,28,40H,4-5,11,14-18,20H2,1H3,(H,34,42)(H2,35,36,37,38,39)/t24-,28+/m1/s1. The summed E-state index contributed by atoms with van der Waals surface area (Å²) in [6.45, 7) is 3.60. The Morgan fingerprint density at radius 3 is 2.69 bits per heavy atom. The maximum absolute atomic E-state index is 14.1. The quantitative estimate of drug-likeness (QED) is 0.206. The molecule has 3 aromatic carbocycles. The zero-order chi connectivity index (χ0) is 31.4. The largest absolute Gasteiger partial charge is 0.354 e. The second kappa shape index (κ2) is 13.3. The molecule has 0 spiro atoms. The summed E-state index contributed by atoms with van der Waals surface area (Å²) in [6.07, 6.45) is 3.71. The van der Waals surface area contributed by atoms with Crippen LogP contribution < -0.4 is 25.6 Å². The number of aryl methyl sites for hydroxylation is 1. The molecule has 4 N–H and O–H groups in total. The van der Waals surface area contributed by atoms with Crippen molar-refractivity contribution in [2.24, 2.45) is 0 Å². The topological polar surface area (TPSA) is 141 Å². The number of hydrogen-bond acceptors (Lipinski definition) is 9. The second-order valence-corrected chi connectivity index (χ2v) is 13.3. The first kappa shape index (κ1) is 30.7. The lowest BCUT2D eigenvalue weighted by molar-refractivity contribution is -0.121. The van der Waals surface area contributed by atoms with Crippen LogP contribution in [0.25, 0.3) is 10.8 Å². The first-order chi connectivity index (χ1) is 21.7. The molecule has 4 aromatic rings. The summed E-state index contributed by atoms with van der Waals surface area (Å²) < 4.78 is 42.8. The van der Waals surface area contributed by atoms with E-state index >= 15 is 0 Å². The van der Waals surface area contributed by atoms with Crippen molar-refractivity contribution in [2.75, 3.05) is 41.7 Å². The number of nitrogens with one attached hydrogen (secondary N) is 4. The molecule has 0 unspecified atom stereocenters. The van der Waals surface area contributed by atoms with Gasteiger partial charge in [0, 0.05) is 32.2 Å². The SMILES string of the molecule is Cc1ccc(S(=O)(=O)N[C@@H]2CCN(c3nc(NCCc4cccc5ccccc45)nc(N[C@H]4CCCCNC4=O)n3)C2)cc1F. The average molecular weight is 633 g/mol. The molecule has 2 aliphatic heterocycles. The number of hydrogen-bond donors (Lipinski definition) is 4. The minimum absolute atomic E-state index is 0.0943. The highest BCUT2D eigenvalue weighted by atomic mass is 32.2. The van der Waals surface area contributed by atoms with Gasteiger partial charge in [-0.1, -0.05) is 48.5 Å². The normalized spacial score (nSPS) is 18.9. The molecule has 236 valence electrons. The van der Waals surface area contributed by atoms with Crippen LogP contribution in [0.1, 0.15) is 36.8 Å². The highest BCUT2D eigenvalue weighted by molar-refractivity contribution is 7.89. The van der Waals surface area contributed by atoms with Crippen molar-refractivity contribution < 1.29 is 17.6 Å². The van der Waals surface area contributed by atoms with Gasteiger partial charge in [0.2, 0.25) is 33.8 Å². The Morgan fingerprint density at radius 2 is 1.82 bits per heavy atom. The molecule has 3 heterocycles. The number of rotatable bonds is 10. The molecular weight excluding hydrogens is 595 g/mol. The Bertz CT molecular complexity index is 1800. The molecule has 0 saturated carbocycles. The summed E-state index contributed by atoms with van der Waals surface area (Å²) in [5.74, 6) is 0.337. The number of nitrogens with zero attached hydrogens (tertiary/aromatic N) is 4. The van der Waals surface area contributed by atoms with Gasteiger partial charge in [0.1, 0.15) is 11.9 Å². The molecule has 2 fully saturated rings. The number of halogens is 1. The third-order valence-electron chi connectivity index (χ3n) is 8.27. The molecule has 2 aliphatic rings. The molecular formula is C32H37FN8O3S. The summed E-state index contributed by atoms with van der Waals surface area (Å²) in [4.78, 5) is 28.3. The predicted octanol–water partition coefficient (Wildman–Crippen LogP) is 3.76. The van der Waals surface area contributed by atoms with Crippen molar-refractivity contribution in [1.29, 1.82) is 0 Å². The summed E-state index contributed by atoms with van der Waals surface area (Å²) >= 11 is 0. The van der Waals surface area contributed by atoms with Crippen molar-refractivity contribution in [3.8, 4) is 0 Å². The minimum atomic E-state index is -3.93. The lowest BCUT2D eigenvalue weighted by Gasteiger charge is -2.20. The van der Waals surface area contributed by atoms with E-state index in [1.807, 2.05) is 23.1 Å². The van der Waals surface area contributed by atoms with Crippen molar-refractivity contribution in [2.45, 2.75) is 56.0 Å². The van der Waals surface area contributed by atoms with Crippen molar-refractivity contribution in [1.82, 2.24) is 25.0 Å². The molecule has 45 heavy (non-hydrogen) atoms. The van der Waals surface area contributed by atoms with Gasteiger partial charge in [-0.05, 0) is 73.1 Å². The van der Waals surface area contributed by atoms with Crippen LogP contribution in [0.2, 0.25) is 0 Å². The van der Waals surface area contributed by atoms with Gasteiger partial charge in [0.15, 0.2) is 0 Å². The average Bonchev–Trinajstić information content (AvgIpc) is 3.39. The van der Waals surface area contributed by atoms with E-state index in [0.29, 0.717) is 56.5 Å². The van der Waals surface area contributed by atoms with Crippen LogP contribution >= 0.6 is 0 Å². The fourth-order valence-electron chi connectivity index (χ4n) is 5.77. The van der Waals surface area contributed by atoms with Crippen molar-refractivity contribution >= 4 is 44.5 Å². The van der Waals surface area contributed by atoms with Gasteiger partial charge < -0.3 is 20.9 Å². The van der Waals surface area contributed by atoms with Crippen molar-refractivity contribution in [3.63, 3.8) is 0 Å². The number of aromatic nitrogens is 3. The highest BCUT2D eigenvalue weighted by Gasteiger charge is 2.30. The number of anilines is 3. The van der Waals surface area contributed by atoms with E-state index in [2.05, 4.69) is 59.9 Å². The Morgan fingerprint density at radius 1 is 1.00 bits per heavy atom. The summed E-state index contributed by atoms with van der Waals surface area (Å²) in [7, 11) is -3.93. The van der Waals surface area contributed by atoms with Crippen LogP contribution in [0.4, 0.5) is 22.2 Å². The van der Waals surface area contributed by atoms with E-state index in [0.717, 1.165) is 25.3 Å². The fourth-order valence-corrected chi connectivity index (χ4v) is 7.04. The van der Waals surface area contributed by atoms with Gasteiger partial charge in [0.25, 0.3) is 0 Å². The molecule has 1 amide bonds. The maximum Gasteiger partial charge on any atom is 0.242 e. The number of amides is 1. The van der Waals surface area contributed by atoms with Crippen LogP contribution in [0.3, 0.4) is 0 Å². The van der Waals surface area contributed by atoms with Gasteiger partial charge in [-0.25, -0.2) is 17.5 Å². The van der Waals surface area contributed by atoms with Crippen molar-refractivity contribution in [3.05, 3.63) is 77.6 Å². The van der Waals surface area contributed by atoms with Crippen LogP contribution in [-0.4, -0.2) is 67.5 Å². The zero-order valence-electron chi connectivity index (χ0n) is 25.1. The summed E-state index contributed by atoms with van der Waals surface area (Å²) in [5, 5.41) is 11.8. The van der Waals surface area contributed by atoms with Gasteiger partial charge in [-0.3, -0.25) is 4.79 Å². The number of benzene rings is 3. The number of fused-ring (bicyclic) bond motifs is 1. The highest BCUT2D eigenvalue weighted by Crippen LogP contribution is 2.23. The Balaban J connectivity index is 1.19. The molecule has 6 rings (SSSR count). The van der Waals surface area contributed by atoms with E-state index in [4.69, 9.17) is 0 Å². The molecule has 2 atom stereocenters. The molecule has 0 aliphatic carbocycles. The fraction of sp³-hybridized carbons (Fsp3) is 0.375. The first-order valence-corrected chi connectivity index (χ1v) is 16.8. The Hall–Kier alpha value is -4.36. The zero-order valence-corrected chi connectivity index (χ0v) is 25.9. The van der Waals surface area contributed by atoms with Gasteiger partial charge in [-0.2, -0.15) is 15.0 Å². The van der Waals surface area contributed by atoms with Crippen LogP contribution in [0.15, 0.2) is 65.6 Å². The van der Waals surface area contributed by atoms with E-state index in [1.165, 1.54) is 28.5 Å².